The van der Waals surface area contributed by atoms with E-state index in [2.05, 4.69) is 55.4 Å². The molecular formula is C34H64O4. The molecule has 0 heterocycles. The first-order valence-corrected chi connectivity index (χ1v) is 16.2. The van der Waals surface area contributed by atoms with Crippen molar-refractivity contribution in [2.75, 3.05) is 13.2 Å². The molecule has 4 heteroatoms. The van der Waals surface area contributed by atoms with Crippen molar-refractivity contribution in [2.45, 2.75) is 158 Å². The van der Waals surface area contributed by atoms with Crippen LogP contribution in [0.2, 0.25) is 0 Å². The number of rotatable bonds is 20. The SMILES string of the molecule is CCCCCC(C)(C)CCC(C)COC(=O)C1CCC(C(=O)OCC(C)CCC(C)(C)CCCCC)CC1. The van der Waals surface area contributed by atoms with Crippen molar-refractivity contribution in [3.63, 3.8) is 0 Å². The van der Waals surface area contributed by atoms with E-state index < -0.39 is 0 Å². The van der Waals surface area contributed by atoms with E-state index in [1.807, 2.05) is 0 Å². The molecular weight excluding hydrogens is 472 g/mol. The van der Waals surface area contributed by atoms with Crippen molar-refractivity contribution in [1.29, 1.82) is 0 Å². The standard InChI is InChI=1S/C34H64O4/c1-9-11-13-21-33(5,6)23-19-27(3)25-37-31(35)29-15-17-30(18-16-29)32(36)38-26-28(4)20-24-34(7,8)22-14-12-10-2/h27-30H,9-26H2,1-8H3. The molecule has 1 aliphatic carbocycles. The average molecular weight is 537 g/mol. The number of ether oxygens (including phenoxy) is 2. The van der Waals surface area contributed by atoms with Gasteiger partial charge in [0.1, 0.15) is 0 Å². The summed E-state index contributed by atoms with van der Waals surface area (Å²) >= 11 is 0. The first-order chi connectivity index (χ1) is 17.9. The first kappa shape index (κ1) is 35.0. The third-order valence-electron chi connectivity index (χ3n) is 8.96. The van der Waals surface area contributed by atoms with E-state index >= 15 is 0 Å². The zero-order chi connectivity index (χ0) is 28.6. The van der Waals surface area contributed by atoms with Gasteiger partial charge in [-0.3, -0.25) is 9.59 Å². The van der Waals surface area contributed by atoms with E-state index in [0.29, 0.717) is 35.9 Å². The maximum Gasteiger partial charge on any atom is 0.308 e. The third-order valence-corrected chi connectivity index (χ3v) is 8.96. The Bertz CT molecular complexity index is 589. The summed E-state index contributed by atoms with van der Waals surface area (Å²) in [6.45, 7) is 19.4. The lowest BCUT2D eigenvalue weighted by Crippen LogP contribution is -2.29. The van der Waals surface area contributed by atoms with Crippen LogP contribution < -0.4 is 0 Å². The third kappa shape index (κ3) is 15.5. The summed E-state index contributed by atoms with van der Waals surface area (Å²) < 4.78 is 11.4. The smallest absolute Gasteiger partial charge is 0.308 e. The molecule has 0 radical (unpaired) electrons. The summed E-state index contributed by atoms with van der Waals surface area (Å²) in [5.41, 5.74) is 0.728. The van der Waals surface area contributed by atoms with Gasteiger partial charge in [0.2, 0.25) is 0 Å². The molecule has 2 unspecified atom stereocenters. The van der Waals surface area contributed by atoms with Crippen LogP contribution in [-0.2, 0) is 19.1 Å². The van der Waals surface area contributed by atoms with Gasteiger partial charge in [-0.2, -0.15) is 0 Å². The van der Waals surface area contributed by atoms with Gasteiger partial charge < -0.3 is 9.47 Å². The molecule has 4 nitrogen and oxygen atoms in total. The summed E-state index contributed by atoms with van der Waals surface area (Å²) in [6, 6.07) is 0. The van der Waals surface area contributed by atoms with E-state index in [9.17, 15) is 9.59 Å². The molecule has 0 saturated heterocycles. The molecule has 1 fully saturated rings. The predicted octanol–water partition coefficient (Wildman–Crippen LogP) is 9.92. The van der Waals surface area contributed by atoms with Gasteiger partial charge in [0.25, 0.3) is 0 Å². The maximum atomic E-state index is 12.7. The van der Waals surface area contributed by atoms with Crippen molar-refractivity contribution in [3.8, 4) is 0 Å². The van der Waals surface area contributed by atoms with Gasteiger partial charge in [0.15, 0.2) is 0 Å². The Morgan fingerprint density at radius 2 is 0.974 bits per heavy atom. The van der Waals surface area contributed by atoms with Gasteiger partial charge in [0.05, 0.1) is 25.0 Å². The average Bonchev–Trinajstić information content (AvgIpc) is 2.88. The highest BCUT2D eigenvalue weighted by Gasteiger charge is 2.32. The van der Waals surface area contributed by atoms with Crippen LogP contribution in [0.3, 0.4) is 0 Å². The van der Waals surface area contributed by atoms with Crippen LogP contribution in [0.4, 0.5) is 0 Å². The van der Waals surface area contributed by atoms with Crippen molar-refractivity contribution < 1.29 is 19.1 Å². The van der Waals surface area contributed by atoms with Crippen molar-refractivity contribution in [2.24, 2.45) is 34.5 Å². The number of carbonyl (C=O) groups is 2. The summed E-state index contributed by atoms with van der Waals surface area (Å²) in [7, 11) is 0. The highest BCUT2D eigenvalue weighted by Crippen LogP contribution is 2.33. The van der Waals surface area contributed by atoms with Crippen LogP contribution in [0.5, 0.6) is 0 Å². The van der Waals surface area contributed by atoms with Crippen LogP contribution in [-0.4, -0.2) is 25.2 Å². The van der Waals surface area contributed by atoms with Crippen LogP contribution in [0, 0.1) is 34.5 Å². The summed E-state index contributed by atoms with van der Waals surface area (Å²) in [5, 5.41) is 0. The minimum atomic E-state index is -0.0685. The molecule has 224 valence electrons. The van der Waals surface area contributed by atoms with Gasteiger partial charge in [-0.25, -0.2) is 0 Å². The normalized spacial score (nSPS) is 20.1. The van der Waals surface area contributed by atoms with Gasteiger partial charge in [-0.1, -0.05) is 93.9 Å². The summed E-state index contributed by atoms with van der Waals surface area (Å²) in [5.74, 6) is 0.512. The summed E-state index contributed by atoms with van der Waals surface area (Å²) in [4.78, 5) is 25.3. The molecule has 0 amide bonds. The topological polar surface area (TPSA) is 52.6 Å². The van der Waals surface area contributed by atoms with E-state index in [0.717, 1.165) is 38.5 Å². The lowest BCUT2D eigenvalue weighted by Gasteiger charge is -2.28. The van der Waals surface area contributed by atoms with E-state index in [4.69, 9.17) is 9.47 Å². The number of hydrogen-bond donors (Lipinski definition) is 0. The molecule has 0 aromatic rings. The minimum absolute atomic E-state index is 0.0643. The molecule has 0 bridgehead atoms. The quantitative estimate of drug-likeness (QED) is 0.115. The predicted molar refractivity (Wildman–Crippen MR) is 160 cm³/mol. The molecule has 0 aromatic carbocycles. The second-order valence-electron chi connectivity index (χ2n) is 14.3. The Morgan fingerprint density at radius 3 is 1.29 bits per heavy atom. The van der Waals surface area contributed by atoms with Crippen molar-refractivity contribution in [1.82, 2.24) is 0 Å². The van der Waals surface area contributed by atoms with Crippen LogP contribution >= 0.6 is 0 Å². The van der Waals surface area contributed by atoms with E-state index in [-0.39, 0.29) is 23.8 Å². The Balaban J connectivity index is 2.24. The van der Waals surface area contributed by atoms with Gasteiger partial charge in [-0.15, -0.1) is 0 Å². The molecule has 0 spiro atoms. The number of esters is 2. The lowest BCUT2D eigenvalue weighted by atomic mass is 9.80. The zero-order valence-corrected chi connectivity index (χ0v) is 26.7. The summed E-state index contributed by atoms with van der Waals surface area (Å²) in [6.07, 6.45) is 17.8. The lowest BCUT2D eigenvalue weighted by molar-refractivity contribution is -0.156. The molecule has 0 aromatic heterocycles. The second-order valence-corrected chi connectivity index (χ2v) is 14.3. The van der Waals surface area contributed by atoms with Gasteiger partial charge in [-0.05, 0) is 86.9 Å². The fraction of sp³-hybridized carbons (Fsp3) is 0.941. The fourth-order valence-corrected chi connectivity index (χ4v) is 5.65. The largest absolute Gasteiger partial charge is 0.465 e. The zero-order valence-electron chi connectivity index (χ0n) is 26.7. The molecule has 0 N–H and O–H groups in total. The molecule has 38 heavy (non-hydrogen) atoms. The highest BCUT2D eigenvalue weighted by molar-refractivity contribution is 5.75. The van der Waals surface area contributed by atoms with Crippen LogP contribution in [0.15, 0.2) is 0 Å². The monoisotopic (exact) mass is 536 g/mol. The van der Waals surface area contributed by atoms with E-state index in [1.54, 1.807) is 0 Å². The minimum Gasteiger partial charge on any atom is -0.465 e. The Kier molecular flexibility index (Phi) is 16.9. The maximum absolute atomic E-state index is 12.7. The molecule has 1 aliphatic rings. The van der Waals surface area contributed by atoms with Crippen molar-refractivity contribution >= 4 is 11.9 Å². The molecule has 2 atom stereocenters. The number of unbranched alkanes of at least 4 members (excludes halogenated alkanes) is 4. The molecule has 1 saturated carbocycles. The van der Waals surface area contributed by atoms with Crippen LogP contribution in [0.25, 0.3) is 0 Å². The second kappa shape index (κ2) is 18.3. The van der Waals surface area contributed by atoms with Gasteiger partial charge >= 0.3 is 11.9 Å². The first-order valence-electron chi connectivity index (χ1n) is 16.2. The van der Waals surface area contributed by atoms with Gasteiger partial charge in [0, 0.05) is 0 Å². The Hall–Kier alpha value is -1.06. The molecule has 1 rings (SSSR count). The number of hydrogen-bond acceptors (Lipinski definition) is 4. The van der Waals surface area contributed by atoms with Crippen molar-refractivity contribution in [3.05, 3.63) is 0 Å². The highest BCUT2D eigenvalue weighted by atomic mass is 16.5. The van der Waals surface area contributed by atoms with Crippen LogP contribution in [0.1, 0.15) is 158 Å². The number of carbonyl (C=O) groups excluding carboxylic acids is 2. The Morgan fingerprint density at radius 1 is 0.632 bits per heavy atom. The molecule has 0 aliphatic heterocycles. The Labute approximate surface area is 236 Å². The van der Waals surface area contributed by atoms with E-state index in [1.165, 1.54) is 64.2 Å². The fourth-order valence-electron chi connectivity index (χ4n) is 5.65.